The standard InChI is InChI=1S/C18H15ClF3IN5OP/c19-16-15(7-25-28(30-23)17(16)29)26-6-5-14-13(9-26)24-10-27(14)8-11-1-3-12(4-2-11)18(20,21)22/h1-4,7,10,30H,5-6,8-9H2. The van der Waals surface area contributed by atoms with E-state index in [1.165, 1.54) is 16.6 Å². The normalized spacial score (nSPS) is 14.5. The van der Waals surface area contributed by atoms with E-state index in [1.807, 2.05) is 9.47 Å². The number of benzene rings is 1. The van der Waals surface area contributed by atoms with Gasteiger partial charge in [-0.3, -0.25) is 4.79 Å². The highest BCUT2D eigenvalue weighted by molar-refractivity contribution is 14.2. The molecular weight excluding hydrogens is 553 g/mol. The highest BCUT2D eigenvalue weighted by Gasteiger charge is 2.30. The first-order valence-electron chi connectivity index (χ1n) is 8.86. The van der Waals surface area contributed by atoms with Gasteiger partial charge < -0.3 is 9.47 Å². The topological polar surface area (TPSA) is 56.0 Å². The molecule has 1 aliphatic rings. The van der Waals surface area contributed by atoms with E-state index in [-0.39, 0.29) is 17.0 Å². The molecule has 1 unspecified atom stereocenters. The quantitative estimate of drug-likeness (QED) is 0.344. The van der Waals surface area contributed by atoms with Gasteiger partial charge in [-0.2, -0.15) is 18.3 Å². The Hall–Kier alpha value is -1.65. The summed E-state index contributed by atoms with van der Waals surface area (Å²) in [6.45, 7) is 1.55. The van der Waals surface area contributed by atoms with Crippen LogP contribution in [0.1, 0.15) is 22.5 Å². The average Bonchev–Trinajstić information content (AvgIpc) is 3.12. The molecule has 0 spiro atoms. The zero-order valence-corrected chi connectivity index (χ0v) is 19.2. The van der Waals surface area contributed by atoms with Crippen LogP contribution in [0.4, 0.5) is 18.9 Å². The van der Waals surface area contributed by atoms with Crippen molar-refractivity contribution in [3.63, 3.8) is 0 Å². The summed E-state index contributed by atoms with van der Waals surface area (Å²) in [4.78, 5) is 18.7. The van der Waals surface area contributed by atoms with E-state index in [2.05, 4.69) is 32.1 Å². The summed E-state index contributed by atoms with van der Waals surface area (Å²) < 4.78 is 41.5. The van der Waals surface area contributed by atoms with Gasteiger partial charge >= 0.3 is 6.18 Å². The van der Waals surface area contributed by atoms with Gasteiger partial charge in [0.05, 0.1) is 42.4 Å². The summed E-state index contributed by atoms with van der Waals surface area (Å²) in [5.74, 6) is 0. The molecule has 158 valence electrons. The number of hydrogen-bond acceptors (Lipinski definition) is 4. The van der Waals surface area contributed by atoms with Crippen molar-refractivity contribution in [2.45, 2.75) is 25.7 Å². The molecule has 3 aromatic rings. The van der Waals surface area contributed by atoms with Crippen molar-refractivity contribution < 1.29 is 13.2 Å². The van der Waals surface area contributed by atoms with Crippen LogP contribution in [0.2, 0.25) is 5.02 Å². The lowest BCUT2D eigenvalue weighted by atomic mass is 10.1. The molecule has 0 fully saturated rings. The predicted molar refractivity (Wildman–Crippen MR) is 119 cm³/mol. The lowest BCUT2D eigenvalue weighted by Gasteiger charge is -2.29. The Morgan fingerprint density at radius 3 is 2.63 bits per heavy atom. The van der Waals surface area contributed by atoms with E-state index in [0.29, 0.717) is 31.7 Å². The number of rotatable bonds is 4. The molecule has 0 radical (unpaired) electrons. The minimum absolute atomic E-state index is 0.141. The number of hydrogen-bond donors (Lipinski definition) is 0. The zero-order valence-electron chi connectivity index (χ0n) is 15.3. The second-order valence-corrected chi connectivity index (χ2v) is 9.20. The van der Waals surface area contributed by atoms with E-state index >= 15 is 0 Å². The Labute approximate surface area is 189 Å². The minimum Gasteiger partial charge on any atom is -0.362 e. The van der Waals surface area contributed by atoms with Crippen molar-refractivity contribution >= 4 is 45.7 Å². The highest BCUT2D eigenvalue weighted by atomic mass is 127. The molecular formula is C18H15ClF3IN5OP. The van der Waals surface area contributed by atoms with Crippen LogP contribution in [0.15, 0.2) is 41.6 Å². The predicted octanol–water partition coefficient (Wildman–Crippen LogP) is 4.51. The fraction of sp³-hybridized carbons (Fsp3) is 0.278. The van der Waals surface area contributed by atoms with E-state index in [0.717, 1.165) is 29.1 Å². The minimum atomic E-state index is -4.34. The largest absolute Gasteiger partial charge is 0.416 e. The highest BCUT2D eigenvalue weighted by Crippen LogP contribution is 2.31. The molecule has 0 saturated heterocycles. The monoisotopic (exact) mass is 567 g/mol. The van der Waals surface area contributed by atoms with Crippen LogP contribution in [-0.4, -0.2) is 25.6 Å². The van der Waals surface area contributed by atoms with Gasteiger partial charge in [0.25, 0.3) is 5.56 Å². The van der Waals surface area contributed by atoms with Crippen LogP contribution in [0, 0.1) is 0 Å². The summed E-state index contributed by atoms with van der Waals surface area (Å²) in [5, 5.41) is 4.29. The lowest BCUT2D eigenvalue weighted by Crippen LogP contribution is -2.33. The van der Waals surface area contributed by atoms with Crippen molar-refractivity contribution in [1.29, 1.82) is 0 Å². The molecule has 3 heterocycles. The molecule has 1 aromatic carbocycles. The van der Waals surface area contributed by atoms with Crippen LogP contribution in [0.3, 0.4) is 0 Å². The molecule has 4 rings (SSSR count). The van der Waals surface area contributed by atoms with Crippen molar-refractivity contribution in [1.82, 2.24) is 19.1 Å². The summed E-state index contributed by atoms with van der Waals surface area (Å²) in [6, 6.07) is 5.15. The van der Waals surface area contributed by atoms with Crippen molar-refractivity contribution in [3.8, 4) is 0 Å². The van der Waals surface area contributed by atoms with E-state index in [4.69, 9.17) is 11.6 Å². The molecule has 0 saturated carbocycles. The van der Waals surface area contributed by atoms with Gasteiger partial charge in [-0.25, -0.2) is 9.44 Å². The van der Waals surface area contributed by atoms with Gasteiger partial charge in [0.15, 0.2) is 0 Å². The molecule has 0 bridgehead atoms. The fourth-order valence-electron chi connectivity index (χ4n) is 3.41. The van der Waals surface area contributed by atoms with Gasteiger partial charge in [0, 0.05) is 25.2 Å². The Bertz CT molecular complexity index is 1130. The lowest BCUT2D eigenvalue weighted by molar-refractivity contribution is -0.137. The Morgan fingerprint density at radius 2 is 1.97 bits per heavy atom. The molecule has 6 nitrogen and oxygen atoms in total. The molecule has 0 N–H and O–H groups in total. The average molecular weight is 568 g/mol. The van der Waals surface area contributed by atoms with Gasteiger partial charge in [-0.15, -0.1) is 0 Å². The van der Waals surface area contributed by atoms with Crippen LogP contribution in [-0.2, 0) is 25.7 Å². The Balaban J connectivity index is 1.53. The molecule has 2 aromatic heterocycles. The van der Waals surface area contributed by atoms with Crippen LogP contribution >= 0.6 is 40.0 Å². The summed E-state index contributed by atoms with van der Waals surface area (Å²) >= 11 is 8.34. The molecule has 1 aliphatic heterocycles. The van der Waals surface area contributed by atoms with Gasteiger partial charge in [-0.1, -0.05) is 23.7 Å². The van der Waals surface area contributed by atoms with Gasteiger partial charge in [-0.05, 0) is 39.7 Å². The maximum Gasteiger partial charge on any atom is 0.416 e. The van der Waals surface area contributed by atoms with E-state index < -0.39 is 11.7 Å². The zero-order chi connectivity index (χ0) is 21.5. The third-order valence-corrected chi connectivity index (χ3v) is 7.15. The first kappa shape index (κ1) is 21.6. The Kier molecular flexibility index (Phi) is 6.09. The number of aromatic nitrogens is 4. The SMILES string of the molecule is O=c1c(Cl)c(N2CCc3c(ncn3Cc3ccc(C(F)(F)F)cc3)C2)cnn1PI. The number of fused-ring (bicyclic) bond motifs is 1. The number of anilines is 1. The number of alkyl halides is 3. The molecule has 1 atom stereocenters. The second kappa shape index (κ2) is 8.47. The van der Waals surface area contributed by atoms with Crippen molar-refractivity contribution in [3.05, 3.63) is 74.7 Å². The fourth-order valence-corrected chi connectivity index (χ4v) is 5.05. The van der Waals surface area contributed by atoms with E-state index in [1.54, 1.807) is 12.5 Å². The smallest absolute Gasteiger partial charge is 0.362 e. The maximum absolute atomic E-state index is 12.7. The third-order valence-electron chi connectivity index (χ3n) is 4.95. The van der Waals surface area contributed by atoms with Gasteiger partial charge in [0.2, 0.25) is 0 Å². The third kappa shape index (κ3) is 4.22. The van der Waals surface area contributed by atoms with Crippen LogP contribution in [0.25, 0.3) is 0 Å². The van der Waals surface area contributed by atoms with Gasteiger partial charge in [0.1, 0.15) is 5.02 Å². The molecule has 12 heteroatoms. The van der Waals surface area contributed by atoms with Crippen molar-refractivity contribution in [2.75, 3.05) is 11.4 Å². The summed E-state index contributed by atoms with van der Waals surface area (Å²) in [7, 11) is 0. The first-order valence-corrected chi connectivity index (χ1v) is 13.3. The summed E-state index contributed by atoms with van der Waals surface area (Å²) in [5.41, 5.74) is 2.24. The number of imidazole rings is 1. The molecule has 30 heavy (non-hydrogen) atoms. The van der Waals surface area contributed by atoms with Crippen LogP contribution < -0.4 is 10.5 Å². The number of halogens is 5. The maximum atomic E-state index is 12.7. The second-order valence-electron chi connectivity index (χ2n) is 6.78. The molecule has 0 amide bonds. The summed E-state index contributed by atoms with van der Waals surface area (Å²) in [6.07, 6.45) is -0.213. The molecule has 0 aliphatic carbocycles. The Morgan fingerprint density at radius 1 is 1.23 bits per heavy atom. The van der Waals surface area contributed by atoms with E-state index in [9.17, 15) is 18.0 Å². The van der Waals surface area contributed by atoms with Crippen LogP contribution in [0.5, 0.6) is 0 Å². The van der Waals surface area contributed by atoms with Crippen molar-refractivity contribution in [2.24, 2.45) is 0 Å². The number of nitrogens with zero attached hydrogens (tertiary/aromatic N) is 5. The first-order chi connectivity index (χ1) is 14.3.